The summed E-state index contributed by atoms with van der Waals surface area (Å²) >= 11 is 0. The van der Waals surface area contributed by atoms with Crippen molar-refractivity contribution in [2.75, 3.05) is 10.6 Å². The van der Waals surface area contributed by atoms with E-state index in [1.165, 1.54) is 0 Å². The molecule has 3 heterocycles. The second kappa shape index (κ2) is 6.37. The average Bonchev–Trinajstić information content (AvgIpc) is 3.09. The van der Waals surface area contributed by atoms with Crippen LogP contribution in [0.2, 0.25) is 0 Å². The molecule has 0 bridgehead atoms. The SMILES string of the molecule is c1ccc(CNc2ccnc(Nc3ccc4[nH]ccc4c3)n2)nc1. The van der Waals surface area contributed by atoms with Gasteiger partial charge < -0.3 is 15.6 Å². The molecule has 3 aromatic heterocycles. The van der Waals surface area contributed by atoms with E-state index in [2.05, 4.69) is 36.6 Å². The van der Waals surface area contributed by atoms with E-state index in [1.807, 2.05) is 48.7 Å². The van der Waals surface area contributed by atoms with Gasteiger partial charge in [-0.15, -0.1) is 0 Å². The van der Waals surface area contributed by atoms with Gasteiger partial charge in [-0.3, -0.25) is 4.98 Å². The molecule has 0 aliphatic rings. The molecule has 0 aliphatic carbocycles. The molecule has 118 valence electrons. The van der Waals surface area contributed by atoms with Crippen LogP contribution in [0.4, 0.5) is 17.5 Å². The Bertz CT molecular complexity index is 948. The van der Waals surface area contributed by atoms with Crippen LogP contribution in [-0.4, -0.2) is 19.9 Å². The van der Waals surface area contributed by atoms with Gasteiger partial charge in [0.1, 0.15) is 5.82 Å². The first-order valence-electron chi connectivity index (χ1n) is 7.68. The minimum Gasteiger partial charge on any atom is -0.364 e. The number of fused-ring (bicyclic) bond motifs is 1. The predicted molar refractivity (Wildman–Crippen MR) is 95.2 cm³/mol. The molecule has 4 aromatic rings. The van der Waals surface area contributed by atoms with Crippen LogP contribution in [0, 0.1) is 0 Å². The maximum atomic E-state index is 4.48. The lowest BCUT2D eigenvalue weighted by atomic mass is 10.2. The van der Waals surface area contributed by atoms with Gasteiger partial charge in [0.25, 0.3) is 0 Å². The Morgan fingerprint density at radius 2 is 1.96 bits per heavy atom. The van der Waals surface area contributed by atoms with Crippen LogP contribution in [0.15, 0.2) is 67.1 Å². The summed E-state index contributed by atoms with van der Waals surface area (Å²) in [7, 11) is 0. The summed E-state index contributed by atoms with van der Waals surface area (Å²) in [6.45, 7) is 0.618. The minimum absolute atomic E-state index is 0.552. The molecule has 6 nitrogen and oxygen atoms in total. The molecule has 4 rings (SSSR count). The number of anilines is 3. The van der Waals surface area contributed by atoms with E-state index in [9.17, 15) is 0 Å². The first kappa shape index (κ1) is 14.2. The quantitative estimate of drug-likeness (QED) is 0.523. The molecule has 0 saturated carbocycles. The molecule has 24 heavy (non-hydrogen) atoms. The molecule has 6 heteroatoms. The van der Waals surface area contributed by atoms with Crippen molar-refractivity contribution in [1.82, 2.24) is 19.9 Å². The van der Waals surface area contributed by atoms with Gasteiger partial charge in [0.2, 0.25) is 5.95 Å². The maximum Gasteiger partial charge on any atom is 0.229 e. The lowest BCUT2D eigenvalue weighted by Crippen LogP contribution is -2.05. The van der Waals surface area contributed by atoms with Crippen LogP contribution < -0.4 is 10.6 Å². The zero-order valence-electron chi connectivity index (χ0n) is 12.9. The summed E-state index contributed by atoms with van der Waals surface area (Å²) < 4.78 is 0. The molecule has 0 spiro atoms. The molecule has 1 aromatic carbocycles. The van der Waals surface area contributed by atoms with Crippen LogP contribution in [0.5, 0.6) is 0 Å². The van der Waals surface area contributed by atoms with Crippen molar-refractivity contribution in [3.63, 3.8) is 0 Å². The summed E-state index contributed by atoms with van der Waals surface area (Å²) in [6.07, 6.45) is 5.43. The Balaban J connectivity index is 1.47. The number of hydrogen-bond donors (Lipinski definition) is 3. The molecule has 0 unspecified atom stereocenters. The Morgan fingerprint density at radius 1 is 0.958 bits per heavy atom. The fraction of sp³-hybridized carbons (Fsp3) is 0.0556. The Kier molecular flexibility index (Phi) is 3.77. The van der Waals surface area contributed by atoms with E-state index in [1.54, 1.807) is 12.4 Å². The molecule has 0 saturated heterocycles. The van der Waals surface area contributed by atoms with E-state index >= 15 is 0 Å². The van der Waals surface area contributed by atoms with Crippen molar-refractivity contribution in [3.8, 4) is 0 Å². The fourth-order valence-electron chi connectivity index (χ4n) is 2.46. The first-order valence-corrected chi connectivity index (χ1v) is 7.68. The van der Waals surface area contributed by atoms with Gasteiger partial charge in [0.15, 0.2) is 0 Å². The third kappa shape index (κ3) is 3.17. The average molecular weight is 316 g/mol. The summed E-state index contributed by atoms with van der Waals surface area (Å²) in [5.74, 6) is 1.30. The summed E-state index contributed by atoms with van der Waals surface area (Å²) in [5.41, 5.74) is 3.01. The second-order valence-corrected chi connectivity index (χ2v) is 5.34. The van der Waals surface area contributed by atoms with Crippen molar-refractivity contribution >= 4 is 28.4 Å². The van der Waals surface area contributed by atoms with Gasteiger partial charge in [-0.25, -0.2) is 4.98 Å². The van der Waals surface area contributed by atoms with Crippen LogP contribution in [0.3, 0.4) is 0 Å². The van der Waals surface area contributed by atoms with Gasteiger partial charge in [0.05, 0.1) is 12.2 Å². The topological polar surface area (TPSA) is 78.5 Å². The van der Waals surface area contributed by atoms with Gasteiger partial charge in [-0.2, -0.15) is 4.98 Å². The number of H-pyrrole nitrogens is 1. The van der Waals surface area contributed by atoms with Crippen molar-refractivity contribution in [2.45, 2.75) is 6.54 Å². The minimum atomic E-state index is 0.552. The van der Waals surface area contributed by atoms with Crippen molar-refractivity contribution in [1.29, 1.82) is 0 Å². The van der Waals surface area contributed by atoms with Crippen molar-refractivity contribution < 1.29 is 0 Å². The number of aromatic nitrogens is 4. The number of nitrogens with zero attached hydrogens (tertiary/aromatic N) is 3. The standard InChI is InChI=1S/C18H16N6/c1-2-8-19-15(3-1)12-22-17-7-10-21-18(24-17)23-14-4-5-16-13(11-14)6-9-20-16/h1-11,20H,12H2,(H2,21,22,23,24). The summed E-state index contributed by atoms with van der Waals surface area (Å²) in [5, 5.41) is 7.63. The Labute approximate surface area is 139 Å². The molecule has 0 amide bonds. The highest BCUT2D eigenvalue weighted by Crippen LogP contribution is 2.20. The molecule has 0 radical (unpaired) electrons. The van der Waals surface area contributed by atoms with Crippen molar-refractivity contribution in [2.24, 2.45) is 0 Å². The van der Waals surface area contributed by atoms with Crippen LogP contribution >= 0.6 is 0 Å². The van der Waals surface area contributed by atoms with E-state index in [4.69, 9.17) is 0 Å². The number of hydrogen-bond acceptors (Lipinski definition) is 5. The smallest absolute Gasteiger partial charge is 0.229 e. The molecule has 0 fully saturated rings. The maximum absolute atomic E-state index is 4.48. The highest BCUT2D eigenvalue weighted by molar-refractivity contribution is 5.83. The second-order valence-electron chi connectivity index (χ2n) is 5.34. The van der Waals surface area contributed by atoms with Gasteiger partial charge in [-0.05, 0) is 42.5 Å². The van der Waals surface area contributed by atoms with E-state index < -0.39 is 0 Å². The monoisotopic (exact) mass is 316 g/mol. The van der Waals surface area contributed by atoms with E-state index in [0.717, 1.165) is 28.1 Å². The highest BCUT2D eigenvalue weighted by atomic mass is 15.1. The third-order valence-electron chi connectivity index (χ3n) is 3.64. The Morgan fingerprint density at radius 3 is 2.88 bits per heavy atom. The first-order chi connectivity index (χ1) is 11.9. The van der Waals surface area contributed by atoms with Gasteiger partial charge in [0, 0.05) is 35.2 Å². The molecular formula is C18H16N6. The number of pyridine rings is 1. The van der Waals surface area contributed by atoms with Crippen LogP contribution in [0.1, 0.15) is 5.69 Å². The zero-order valence-corrected chi connectivity index (χ0v) is 12.9. The van der Waals surface area contributed by atoms with Gasteiger partial charge >= 0.3 is 0 Å². The van der Waals surface area contributed by atoms with Gasteiger partial charge in [-0.1, -0.05) is 6.07 Å². The fourth-order valence-corrected chi connectivity index (χ4v) is 2.46. The van der Waals surface area contributed by atoms with Crippen LogP contribution in [-0.2, 0) is 6.54 Å². The lowest BCUT2D eigenvalue weighted by Gasteiger charge is -2.08. The van der Waals surface area contributed by atoms with Crippen LogP contribution in [0.25, 0.3) is 10.9 Å². The van der Waals surface area contributed by atoms with E-state index in [0.29, 0.717) is 12.5 Å². The molecule has 0 atom stereocenters. The zero-order chi connectivity index (χ0) is 16.2. The molecule has 3 N–H and O–H groups in total. The van der Waals surface area contributed by atoms with E-state index in [-0.39, 0.29) is 0 Å². The lowest BCUT2D eigenvalue weighted by molar-refractivity contribution is 1.02. The third-order valence-corrected chi connectivity index (χ3v) is 3.64. The Hall–Kier alpha value is -3.41. The highest BCUT2D eigenvalue weighted by Gasteiger charge is 2.02. The largest absolute Gasteiger partial charge is 0.364 e. The normalized spacial score (nSPS) is 10.7. The predicted octanol–water partition coefficient (Wildman–Crippen LogP) is 3.71. The number of benzene rings is 1. The number of aromatic amines is 1. The number of nitrogens with one attached hydrogen (secondary N) is 3. The summed E-state index contributed by atoms with van der Waals surface area (Å²) in [6, 6.07) is 15.8. The molecular weight excluding hydrogens is 300 g/mol. The molecule has 0 aliphatic heterocycles. The summed E-state index contributed by atoms with van der Waals surface area (Å²) in [4.78, 5) is 16.2. The number of rotatable bonds is 5. The van der Waals surface area contributed by atoms with Crippen molar-refractivity contribution in [3.05, 3.63) is 72.8 Å².